The van der Waals surface area contributed by atoms with E-state index in [-0.39, 0.29) is 11.5 Å². The molecule has 2 N–H and O–H groups in total. The van der Waals surface area contributed by atoms with Gasteiger partial charge in [-0.2, -0.15) is 0 Å². The van der Waals surface area contributed by atoms with Crippen LogP contribution in [-0.2, 0) is 9.53 Å². The fraction of sp³-hybridized carbons (Fsp3) is 0.533. The fourth-order valence-corrected chi connectivity index (χ4v) is 1.95. The Hall–Kier alpha value is -2.11. The maximum absolute atomic E-state index is 12.1. The number of ether oxygens (including phenoxy) is 1. The summed E-state index contributed by atoms with van der Waals surface area (Å²) in [5.74, 6) is -1.01. The molecule has 6 nitrogen and oxygen atoms in total. The van der Waals surface area contributed by atoms with Crippen molar-refractivity contribution in [3.05, 3.63) is 23.5 Å². The zero-order valence-electron chi connectivity index (χ0n) is 12.7. The molecular formula is C15H22N2O4. The zero-order chi connectivity index (χ0) is 15.8. The van der Waals surface area contributed by atoms with Gasteiger partial charge in [-0.25, -0.2) is 4.79 Å². The Balaban J connectivity index is 2.69. The molecule has 0 aliphatic carbocycles. The van der Waals surface area contributed by atoms with Crippen molar-refractivity contribution >= 4 is 17.7 Å². The van der Waals surface area contributed by atoms with Crippen molar-refractivity contribution < 1.29 is 19.1 Å². The van der Waals surface area contributed by atoms with Gasteiger partial charge in [0.15, 0.2) is 5.78 Å². The maximum atomic E-state index is 12.1. The molecule has 0 aliphatic heterocycles. The monoisotopic (exact) mass is 294 g/mol. The molecule has 0 bridgehead atoms. The predicted octanol–water partition coefficient (Wildman–Crippen LogP) is 2.07. The number of rotatable bonds is 8. The number of esters is 1. The first-order valence-electron chi connectivity index (χ1n) is 7.07. The lowest BCUT2D eigenvalue weighted by Crippen LogP contribution is -2.41. The molecule has 0 unspecified atom stereocenters. The number of aromatic nitrogens is 1. The van der Waals surface area contributed by atoms with Crippen molar-refractivity contribution in [1.82, 2.24) is 10.3 Å². The smallest absolute Gasteiger partial charge is 0.328 e. The van der Waals surface area contributed by atoms with Crippen LogP contribution in [0, 0.1) is 0 Å². The van der Waals surface area contributed by atoms with Gasteiger partial charge in [0.25, 0.3) is 5.91 Å². The number of hydrogen-bond donors (Lipinski definition) is 2. The summed E-state index contributed by atoms with van der Waals surface area (Å²) in [6.07, 6.45) is 4.86. The molecule has 1 rings (SSSR count). The Bertz CT molecular complexity index is 508. The van der Waals surface area contributed by atoms with Gasteiger partial charge in [0.1, 0.15) is 11.7 Å². The molecule has 1 amide bonds. The van der Waals surface area contributed by atoms with Gasteiger partial charge in [-0.3, -0.25) is 9.59 Å². The molecule has 1 aromatic rings. The molecule has 1 heterocycles. The number of H-pyrrole nitrogens is 1. The number of hydrogen-bond acceptors (Lipinski definition) is 4. The number of carbonyl (C=O) groups is 3. The number of methoxy groups -OCH3 is 1. The molecule has 0 radical (unpaired) electrons. The second kappa shape index (κ2) is 8.24. The first-order valence-corrected chi connectivity index (χ1v) is 7.07. The Kier molecular flexibility index (Phi) is 6.65. The Morgan fingerprint density at radius 2 is 2.05 bits per heavy atom. The topological polar surface area (TPSA) is 88.3 Å². The third kappa shape index (κ3) is 5.06. The van der Waals surface area contributed by atoms with Crippen LogP contribution in [0.3, 0.4) is 0 Å². The highest BCUT2D eigenvalue weighted by molar-refractivity contribution is 6.00. The van der Waals surface area contributed by atoms with E-state index in [1.54, 1.807) is 0 Å². The van der Waals surface area contributed by atoms with E-state index in [0.717, 1.165) is 19.3 Å². The molecule has 6 heteroatoms. The van der Waals surface area contributed by atoms with Crippen molar-refractivity contribution in [3.8, 4) is 0 Å². The van der Waals surface area contributed by atoms with Gasteiger partial charge >= 0.3 is 5.97 Å². The van der Waals surface area contributed by atoms with Crippen molar-refractivity contribution in [1.29, 1.82) is 0 Å². The summed E-state index contributed by atoms with van der Waals surface area (Å²) < 4.78 is 4.71. The summed E-state index contributed by atoms with van der Waals surface area (Å²) in [6.45, 7) is 3.49. The van der Waals surface area contributed by atoms with Crippen LogP contribution in [0.4, 0.5) is 0 Å². The average Bonchev–Trinajstić information content (AvgIpc) is 2.95. The van der Waals surface area contributed by atoms with Crippen LogP contribution < -0.4 is 5.32 Å². The van der Waals surface area contributed by atoms with E-state index in [1.165, 1.54) is 26.3 Å². The van der Waals surface area contributed by atoms with Gasteiger partial charge in [0.2, 0.25) is 0 Å². The molecule has 0 aromatic carbocycles. The average molecular weight is 294 g/mol. The van der Waals surface area contributed by atoms with E-state index in [1.807, 2.05) is 0 Å². The molecule has 116 valence electrons. The Morgan fingerprint density at radius 1 is 1.33 bits per heavy atom. The number of Topliss-reactive ketones (excluding diaryl/α,β-unsaturated/α-hetero) is 1. The predicted molar refractivity (Wildman–Crippen MR) is 78.2 cm³/mol. The van der Waals surface area contributed by atoms with E-state index in [2.05, 4.69) is 17.2 Å². The van der Waals surface area contributed by atoms with Crippen LogP contribution in [0.2, 0.25) is 0 Å². The highest BCUT2D eigenvalue weighted by atomic mass is 16.5. The molecule has 21 heavy (non-hydrogen) atoms. The number of ketones is 1. The minimum absolute atomic E-state index is 0.127. The fourth-order valence-electron chi connectivity index (χ4n) is 1.95. The van der Waals surface area contributed by atoms with Crippen LogP contribution in [0.15, 0.2) is 12.3 Å². The van der Waals surface area contributed by atoms with Gasteiger partial charge in [0.05, 0.1) is 7.11 Å². The summed E-state index contributed by atoms with van der Waals surface area (Å²) in [7, 11) is 1.30. The minimum Gasteiger partial charge on any atom is -0.467 e. The molecule has 0 spiro atoms. The normalized spacial score (nSPS) is 11.8. The van der Waals surface area contributed by atoms with Gasteiger partial charge in [0, 0.05) is 11.8 Å². The van der Waals surface area contributed by atoms with Crippen molar-refractivity contribution in [2.75, 3.05) is 7.11 Å². The van der Waals surface area contributed by atoms with Crippen molar-refractivity contribution in [3.63, 3.8) is 0 Å². The lowest BCUT2D eigenvalue weighted by Gasteiger charge is -2.15. The van der Waals surface area contributed by atoms with Crippen molar-refractivity contribution in [2.24, 2.45) is 0 Å². The minimum atomic E-state index is -0.668. The second-order valence-corrected chi connectivity index (χ2v) is 4.90. The first kappa shape index (κ1) is 16.9. The lowest BCUT2D eigenvalue weighted by atomic mass is 10.1. The largest absolute Gasteiger partial charge is 0.467 e. The Labute approximate surface area is 124 Å². The molecule has 0 saturated carbocycles. The highest BCUT2D eigenvalue weighted by Crippen LogP contribution is 2.08. The van der Waals surface area contributed by atoms with Crippen molar-refractivity contribution in [2.45, 2.75) is 45.6 Å². The number of carbonyl (C=O) groups excluding carboxylic acids is 3. The number of amides is 1. The SMILES string of the molecule is CCCCC[C@H](NC(=O)c1cc(C(C)=O)c[nH]1)C(=O)OC. The van der Waals surface area contributed by atoms with E-state index in [9.17, 15) is 14.4 Å². The molecular weight excluding hydrogens is 272 g/mol. The van der Waals surface area contributed by atoms with Gasteiger partial charge in [-0.1, -0.05) is 26.2 Å². The zero-order valence-corrected chi connectivity index (χ0v) is 12.7. The van der Waals surface area contributed by atoms with Crippen LogP contribution in [0.25, 0.3) is 0 Å². The van der Waals surface area contributed by atoms with Crippen LogP contribution in [0.5, 0.6) is 0 Å². The van der Waals surface area contributed by atoms with E-state index < -0.39 is 17.9 Å². The standard InChI is InChI=1S/C15H22N2O4/c1-4-5-6-7-12(15(20)21-3)17-14(19)13-8-11(9-16-13)10(2)18/h8-9,12,16H,4-7H2,1-3H3,(H,17,19)/t12-/m0/s1. The maximum Gasteiger partial charge on any atom is 0.328 e. The molecule has 0 saturated heterocycles. The van der Waals surface area contributed by atoms with Gasteiger partial charge in [-0.05, 0) is 19.4 Å². The summed E-state index contributed by atoms with van der Waals surface area (Å²) in [4.78, 5) is 37.7. The summed E-state index contributed by atoms with van der Waals surface area (Å²) in [5.41, 5.74) is 0.686. The number of unbranched alkanes of at least 4 members (excludes halogenated alkanes) is 2. The first-order chi connectivity index (χ1) is 9.99. The van der Waals surface area contributed by atoms with Gasteiger partial charge in [-0.15, -0.1) is 0 Å². The third-order valence-corrected chi connectivity index (χ3v) is 3.22. The van der Waals surface area contributed by atoms with Crippen LogP contribution in [-0.4, -0.2) is 35.8 Å². The number of nitrogens with one attached hydrogen (secondary N) is 2. The Morgan fingerprint density at radius 3 is 2.57 bits per heavy atom. The molecule has 0 fully saturated rings. The quantitative estimate of drug-likeness (QED) is 0.436. The number of aromatic amines is 1. The van der Waals surface area contributed by atoms with Crippen LogP contribution >= 0.6 is 0 Å². The molecule has 1 atom stereocenters. The molecule has 1 aromatic heterocycles. The van der Waals surface area contributed by atoms with E-state index in [4.69, 9.17) is 4.74 Å². The molecule has 0 aliphatic rings. The van der Waals surface area contributed by atoms with Crippen LogP contribution in [0.1, 0.15) is 60.4 Å². The lowest BCUT2D eigenvalue weighted by molar-refractivity contribution is -0.143. The van der Waals surface area contributed by atoms with E-state index in [0.29, 0.717) is 12.0 Å². The summed E-state index contributed by atoms with van der Waals surface area (Å²) in [5, 5.41) is 2.64. The summed E-state index contributed by atoms with van der Waals surface area (Å²) in [6, 6.07) is 0.802. The highest BCUT2D eigenvalue weighted by Gasteiger charge is 2.22. The van der Waals surface area contributed by atoms with E-state index >= 15 is 0 Å². The summed E-state index contributed by atoms with van der Waals surface area (Å²) >= 11 is 0. The third-order valence-electron chi connectivity index (χ3n) is 3.22. The van der Waals surface area contributed by atoms with Gasteiger partial charge < -0.3 is 15.0 Å². The second-order valence-electron chi connectivity index (χ2n) is 4.90.